The van der Waals surface area contributed by atoms with Crippen molar-refractivity contribution in [3.05, 3.63) is 41.6 Å². The minimum absolute atomic E-state index is 0.0711. The summed E-state index contributed by atoms with van der Waals surface area (Å²) in [6.45, 7) is 3.30. The first-order valence-electron chi connectivity index (χ1n) is 6.63. The number of rotatable bonds is 4. The highest BCUT2D eigenvalue weighted by molar-refractivity contribution is 7.99. The zero-order chi connectivity index (χ0) is 17.0. The van der Waals surface area contributed by atoms with Gasteiger partial charge in [0.1, 0.15) is 10.7 Å². The number of anilines is 1. The van der Waals surface area contributed by atoms with Gasteiger partial charge in [0, 0.05) is 12.4 Å². The SMILES string of the molecule is CCSc1nccnc1C(=O)Nc1ccc(C(F)(F)F)nc1C. The predicted octanol–water partition coefficient (Wildman–Crippen LogP) is 3.56. The van der Waals surface area contributed by atoms with E-state index < -0.39 is 17.8 Å². The number of thioether (sulfide) groups is 1. The number of carbonyl (C=O) groups is 1. The van der Waals surface area contributed by atoms with Crippen LogP contribution in [0, 0.1) is 6.92 Å². The van der Waals surface area contributed by atoms with Gasteiger partial charge in [-0.05, 0) is 24.8 Å². The Kier molecular flexibility index (Phi) is 5.19. The Labute approximate surface area is 134 Å². The summed E-state index contributed by atoms with van der Waals surface area (Å²) >= 11 is 1.35. The van der Waals surface area contributed by atoms with E-state index >= 15 is 0 Å². The third-order valence-electron chi connectivity index (χ3n) is 2.79. The van der Waals surface area contributed by atoms with Crippen molar-refractivity contribution in [1.29, 1.82) is 0 Å². The Morgan fingerprint density at radius 1 is 1.26 bits per heavy atom. The predicted molar refractivity (Wildman–Crippen MR) is 80.4 cm³/mol. The van der Waals surface area contributed by atoms with E-state index in [9.17, 15) is 18.0 Å². The molecule has 0 bridgehead atoms. The highest BCUT2D eigenvalue weighted by Crippen LogP contribution is 2.29. The molecular formula is C14H13F3N4OS. The van der Waals surface area contributed by atoms with Gasteiger partial charge in [0.25, 0.3) is 5.91 Å². The number of nitrogens with zero attached hydrogens (tertiary/aromatic N) is 3. The monoisotopic (exact) mass is 342 g/mol. The molecule has 9 heteroatoms. The Balaban J connectivity index is 2.24. The van der Waals surface area contributed by atoms with Gasteiger partial charge in [0.15, 0.2) is 5.69 Å². The first-order valence-corrected chi connectivity index (χ1v) is 7.61. The number of hydrogen-bond donors (Lipinski definition) is 1. The standard InChI is InChI=1S/C14H13F3N4OS/c1-3-23-13-11(18-6-7-19-13)12(22)21-9-4-5-10(14(15,16)17)20-8(9)2/h4-7H,3H2,1-2H3,(H,21,22). The number of nitrogens with one attached hydrogen (secondary N) is 1. The zero-order valence-electron chi connectivity index (χ0n) is 12.3. The highest BCUT2D eigenvalue weighted by Gasteiger charge is 2.32. The molecule has 1 N–H and O–H groups in total. The summed E-state index contributed by atoms with van der Waals surface area (Å²) in [4.78, 5) is 23.8. The van der Waals surface area contributed by atoms with Crippen LogP contribution < -0.4 is 5.32 Å². The van der Waals surface area contributed by atoms with Crippen LogP contribution in [0.3, 0.4) is 0 Å². The van der Waals surface area contributed by atoms with E-state index in [1.807, 2.05) is 6.92 Å². The lowest BCUT2D eigenvalue weighted by atomic mass is 10.2. The van der Waals surface area contributed by atoms with E-state index in [1.54, 1.807) is 0 Å². The third kappa shape index (κ3) is 4.19. The zero-order valence-corrected chi connectivity index (χ0v) is 13.1. The summed E-state index contributed by atoms with van der Waals surface area (Å²) in [5.41, 5.74) is -0.615. The number of carbonyl (C=O) groups excluding carboxylic acids is 1. The molecule has 0 aromatic carbocycles. The summed E-state index contributed by atoms with van der Waals surface area (Å²) in [6, 6.07) is 1.99. The first kappa shape index (κ1) is 17.2. The van der Waals surface area contributed by atoms with Crippen molar-refractivity contribution >= 4 is 23.4 Å². The molecule has 0 aliphatic rings. The van der Waals surface area contributed by atoms with Crippen LogP contribution in [0.4, 0.5) is 18.9 Å². The molecule has 2 aromatic rings. The smallest absolute Gasteiger partial charge is 0.319 e. The van der Waals surface area contributed by atoms with Crippen LogP contribution in [0.5, 0.6) is 0 Å². The van der Waals surface area contributed by atoms with Crippen molar-refractivity contribution in [3.8, 4) is 0 Å². The van der Waals surface area contributed by atoms with Gasteiger partial charge in [-0.1, -0.05) is 6.92 Å². The van der Waals surface area contributed by atoms with Crippen LogP contribution in [-0.2, 0) is 6.18 Å². The lowest BCUT2D eigenvalue weighted by Crippen LogP contribution is -2.17. The summed E-state index contributed by atoms with van der Waals surface area (Å²) in [5, 5.41) is 2.98. The number of aryl methyl sites for hydroxylation is 1. The molecule has 2 rings (SSSR count). The summed E-state index contributed by atoms with van der Waals surface area (Å²) in [7, 11) is 0. The maximum atomic E-state index is 12.6. The van der Waals surface area contributed by atoms with Gasteiger partial charge in [-0.3, -0.25) is 4.79 Å². The van der Waals surface area contributed by atoms with E-state index in [2.05, 4.69) is 20.3 Å². The maximum absolute atomic E-state index is 12.6. The lowest BCUT2D eigenvalue weighted by Gasteiger charge is -2.11. The van der Waals surface area contributed by atoms with Crippen LogP contribution in [0.25, 0.3) is 0 Å². The third-order valence-corrected chi connectivity index (χ3v) is 3.65. The fraction of sp³-hybridized carbons (Fsp3) is 0.286. The second-order valence-electron chi connectivity index (χ2n) is 4.42. The molecule has 0 saturated carbocycles. The second kappa shape index (κ2) is 6.95. The molecule has 5 nitrogen and oxygen atoms in total. The fourth-order valence-electron chi connectivity index (χ4n) is 1.76. The fourth-order valence-corrected chi connectivity index (χ4v) is 2.45. The molecule has 1 amide bonds. The summed E-state index contributed by atoms with van der Waals surface area (Å²) in [5.74, 6) is 0.165. The molecule has 0 saturated heterocycles. The van der Waals surface area contributed by atoms with E-state index in [4.69, 9.17) is 0 Å². The average Bonchev–Trinajstić information content (AvgIpc) is 2.49. The molecule has 2 heterocycles. The van der Waals surface area contributed by atoms with E-state index in [-0.39, 0.29) is 17.1 Å². The molecule has 0 radical (unpaired) electrons. The van der Waals surface area contributed by atoms with Crippen LogP contribution in [0.2, 0.25) is 0 Å². The highest BCUT2D eigenvalue weighted by atomic mass is 32.2. The average molecular weight is 342 g/mol. The Bertz CT molecular complexity index is 721. The molecule has 0 spiro atoms. The lowest BCUT2D eigenvalue weighted by molar-refractivity contribution is -0.141. The number of hydrogen-bond acceptors (Lipinski definition) is 5. The van der Waals surface area contributed by atoms with Gasteiger partial charge in [-0.15, -0.1) is 11.8 Å². The van der Waals surface area contributed by atoms with E-state index in [0.29, 0.717) is 10.8 Å². The van der Waals surface area contributed by atoms with Crippen LogP contribution in [-0.4, -0.2) is 26.6 Å². The van der Waals surface area contributed by atoms with Crippen LogP contribution >= 0.6 is 11.8 Å². The number of alkyl halides is 3. The van der Waals surface area contributed by atoms with Crippen molar-refractivity contribution < 1.29 is 18.0 Å². The number of amides is 1. The van der Waals surface area contributed by atoms with Crippen molar-refractivity contribution in [2.24, 2.45) is 0 Å². The number of pyridine rings is 1. The molecule has 0 atom stereocenters. The normalized spacial score (nSPS) is 11.3. The van der Waals surface area contributed by atoms with Crippen molar-refractivity contribution in [1.82, 2.24) is 15.0 Å². The first-order chi connectivity index (χ1) is 10.8. The minimum atomic E-state index is -4.52. The Hall–Kier alpha value is -2.16. The minimum Gasteiger partial charge on any atom is -0.319 e. The van der Waals surface area contributed by atoms with Crippen LogP contribution in [0.15, 0.2) is 29.6 Å². The van der Waals surface area contributed by atoms with Gasteiger partial charge in [0.2, 0.25) is 0 Å². The molecule has 2 aromatic heterocycles. The second-order valence-corrected chi connectivity index (χ2v) is 5.68. The van der Waals surface area contributed by atoms with Gasteiger partial charge in [-0.25, -0.2) is 15.0 Å². The largest absolute Gasteiger partial charge is 0.433 e. The van der Waals surface area contributed by atoms with Gasteiger partial charge >= 0.3 is 6.18 Å². The Morgan fingerprint density at radius 3 is 2.57 bits per heavy atom. The van der Waals surface area contributed by atoms with E-state index in [1.165, 1.54) is 37.1 Å². The maximum Gasteiger partial charge on any atom is 0.433 e. The molecule has 0 aliphatic heterocycles. The topological polar surface area (TPSA) is 67.8 Å². The molecular weight excluding hydrogens is 329 g/mol. The van der Waals surface area contributed by atoms with Crippen molar-refractivity contribution in [2.45, 2.75) is 25.0 Å². The van der Waals surface area contributed by atoms with Crippen molar-refractivity contribution in [2.75, 3.05) is 11.1 Å². The van der Waals surface area contributed by atoms with E-state index in [0.717, 1.165) is 6.07 Å². The van der Waals surface area contributed by atoms with Crippen molar-refractivity contribution in [3.63, 3.8) is 0 Å². The molecule has 0 fully saturated rings. The van der Waals surface area contributed by atoms with Crippen LogP contribution in [0.1, 0.15) is 28.8 Å². The summed E-state index contributed by atoms with van der Waals surface area (Å²) < 4.78 is 37.8. The van der Waals surface area contributed by atoms with Gasteiger partial charge < -0.3 is 5.32 Å². The Morgan fingerprint density at radius 2 is 1.96 bits per heavy atom. The van der Waals surface area contributed by atoms with Gasteiger partial charge in [0.05, 0.1) is 11.4 Å². The van der Waals surface area contributed by atoms with Gasteiger partial charge in [-0.2, -0.15) is 13.2 Å². The number of aromatic nitrogens is 3. The molecule has 0 unspecified atom stereocenters. The quantitative estimate of drug-likeness (QED) is 0.861. The molecule has 23 heavy (non-hydrogen) atoms. The molecule has 122 valence electrons. The summed E-state index contributed by atoms with van der Waals surface area (Å²) in [6.07, 6.45) is -1.67. The number of halogens is 3. The molecule has 0 aliphatic carbocycles.